The molecule has 0 aromatic carbocycles. The standard InChI is InChI=1S/C11H17BrN2OS/c12-11-6-8(7-16-11)10(14-13)4-3-9-2-1-5-15-9/h6-7,9-10,14H,1-5,13H2. The minimum atomic E-state index is 0.242. The molecule has 0 saturated carbocycles. The molecule has 16 heavy (non-hydrogen) atoms. The lowest BCUT2D eigenvalue weighted by Crippen LogP contribution is -2.28. The normalized spacial score (nSPS) is 22.5. The van der Waals surface area contributed by atoms with E-state index >= 15 is 0 Å². The van der Waals surface area contributed by atoms with E-state index in [1.165, 1.54) is 18.4 Å². The summed E-state index contributed by atoms with van der Waals surface area (Å²) in [7, 11) is 0. The van der Waals surface area contributed by atoms with E-state index in [0.717, 1.165) is 23.2 Å². The number of hydrazine groups is 1. The lowest BCUT2D eigenvalue weighted by atomic mass is 10.0. The summed E-state index contributed by atoms with van der Waals surface area (Å²) in [5.74, 6) is 5.60. The minimum absolute atomic E-state index is 0.242. The summed E-state index contributed by atoms with van der Waals surface area (Å²) in [5, 5.41) is 2.14. The number of thiophene rings is 1. The van der Waals surface area contributed by atoms with Gasteiger partial charge in [-0.3, -0.25) is 11.3 Å². The highest BCUT2D eigenvalue weighted by Gasteiger charge is 2.18. The van der Waals surface area contributed by atoms with Crippen LogP contribution in [0.3, 0.4) is 0 Å². The van der Waals surface area contributed by atoms with Gasteiger partial charge in [0.1, 0.15) is 0 Å². The predicted octanol–water partition coefficient (Wildman–Crippen LogP) is 2.97. The molecule has 1 saturated heterocycles. The Morgan fingerprint density at radius 1 is 1.69 bits per heavy atom. The van der Waals surface area contributed by atoms with Crippen molar-refractivity contribution in [3.8, 4) is 0 Å². The smallest absolute Gasteiger partial charge is 0.0701 e. The molecule has 2 rings (SSSR count). The van der Waals surface area contributed by atoms with Crippen LogP contribution in [0.15, 0.2) is 15.2 Å². The number of rotatable bonds is 5. The molecule has 1 aromatic rings. The van der Waals surface area contributed by atoms with Crippen LogP contribution in [0.5, 0.6) is 0 Å². The van der Waals surface area contributed by atoms with E-state index in [-0.39, 0.29) is 6.04 Å². The third-order valence-corrected chi connectivity index (χ3v) is 4.52. The molecule has 0 spiro atoms. The summed E-state index contributed by atoms with van der Waals surface area (Å²) in [5.41, 5.74) is 4.15. The zero-order valence-electron chi connectivity index (χ0n) is 9.12. The molecule has 1 aliphatic heterocycles. The highest BCUT2D eigenvalue weighted by atomic mass is 79.9. The van der Waals surface area contributed by atoms with Crippen molar-refractivity contribution in [2.45, 2.75) is 37.8 Å². The van der Waals surface area contributed by atoms with Crippen LogP contribution in [0.2, 0.25) is 0 Å². The van der Waals surface area contributed by atoms with Crippen molar-refractivity contribution in [2.24, 2.45) is 5.84 Å². The summed E-state index contributed by atoms with van der Waals surface area (Å²) in [6.45, 7) is 0.926. The first-order valence-electron chi connectivity index (χ1n) is 5.61. The number of hydrogen-bond donors (Lipinski definition) is 2. The van der Waals surface area contributed by atoms with Gasteiger partial charge < -0.3 is 4.74 Å². The van der Waals surface area contributed by atoms with Gasteiger partial charge in [0, 0.05) is 12.6 Å². The highest BCUT2D eigenvalue weighted by Crippen LogP contribution is 2.29. The molecule has 1 aliphatic rings. The molecular weight excluding hydrogens is 288 g/mol. The van der Waals surface area contributed by atoms with Gasteiger partial charge in [0.05, 0.1) is 9.89 Å². The fourth-order valence-electron chi connectivity index (χ4n) is 2.08. The first-order valence-corrected chi connectivity index (χ1v) is 7.28. The largest absolute Gasteiger partial charge is 0.378 e. The molecule has 2 unspecified atom stereocenters. The molecule has 5 heteroatoms. The van der Waals surface area contributed by atoms with Gasteiger partial charge in [-0.15, -0.1) is 11.3 Å². The van der Waals surface area contributed by atoms with Crippen molar-refractivity contribution in [1.82, 2.24) is 5.43 Å². The summed E-state index contributed by atoms with van der Waals surface area (Å²) >= 11 is 5.17. The first-order chi connectivity index (χ1) is 7.79. The molecule has 0 aliphatic carbocycles. The maximum absolute atomic E-state index is 5.61. The highest BCUT2D eigenvalue weighted by molar-refractivity contribution is 9.11. The van der Waals surface area contributed by atoms with Crippen molar-refractivity contribution in [1.29, 1.82) is 0 Å². The Morgan fingerprint density at radius 2 is 2.56 bits per heavy atom. The summed E-state index contributed by atoms with van der Waals surface area (Å²) < 4.78 is 6.77. The second-order valence-corrected chi connectivity index (χ2v) is 6.41. The second-order valence-electron chi connectivity index (χ2n) is 4.12. The molecule has 3 N–H and O–H groups in total. The quantitative estimate of drug-likeness (QED) is 0.649. The number of ether oxygens (including phenoxy) is 1. The third kappa shape index (κ3) is 3.28. The van der Waals surface area contributed by atoms with E-state index in [1.54, 1.807) is 11.3 Å². The van der Waals surface area contributed by atoms with Crippen LogP contribution >= 0.6 is 27.3 Å². The van der Waals surface area contributed by atoms with E-state index < -0.39 is 0 Å². The van der Waals surface area contributed by atoms with E-state index in [1.807, 2.05) is 0 Å². The van der Waals surface area contributed by atoms with Gasteiger partial charge in [0.25, 0.3) is 0 Å². The topological polar surface area (TPSA) is 47.3 Å². The number of nitrogens with two attached hydrogens (primary N) is 1. The molecule has 1 fully saturated rings. The van der Waals surface area contributed by atoms with Gasteiger partial charge in [0.2, 0.25) is 0 Å². The van der Waals surface area contributed by atoms with Crippen molar-refractivity contribution < 1.29 is 4.74 Å². The Bertz CT molecular complexity index is 326. The summed E-state index contributed by atoms with van der Waals surface area (Å²) in [6.07, 6.45) is 4.96. The minimum Gasteiger partial charge on any atom is -0.378 e. The van der Waals surface area contributed by atoms with Crippen LogP contribution in [0.1, 0.15) is 37.3 Å². The lowest BCUT2D eigenvalue weighted by Gasteiger charge is -2.16. The molecule has 0 radical (unpaired) electrons. The Labute approximate surface area is 108 Å². The van der Waals surface area contributed by atoms with Gasteiger partial charge >= 0.3 is 0 Å². The predicted molar refractivity (Wildman–Crippen MR) is 70.3 cm³/mol. The van der Waals surface area contributed by atoms with E-state index in [0.29, 0.717) is 6.10 Å². The SMILES string of the molecule is NNC(CCC1CCCO1)c1csc(Br)c1. The molecule has 0 bridgehead atoms. The third-order valence-electron chi connectivity index (χ3n) is 2.99. The van der Waals surface area contributed by atoms with Gasteiger partial charge in [-0.25, -0.2) is 0 Å². The van der Waals surface area contributed by atoms with E-state index in [2.05, 4.69) is 32.8 Å². The summed E-state index contributed by atoms with van der Waals surface area (Å²) in [4.78, 5) is 0. The Balaban J connectivity index is 1.85. The van der Waals surface area contributed by atoms with E-state index in [9.17, 15) is 0 Å². The first kappa shape index (κ1) is 12.5. The van der Waals surface area contributed by atoms with Crippen molar-refractivity contribution in [2.75, 3.05) is 6.61 Å². The zero-order valence-corrected chi connectivity index (χ0v) is 11.5. The van der Waals surface area contributed by atoms with Crippen molar-refractivity contribution >= 4 is 27.3 Å². The summed E-state index contributed by atoms with van der Waals surface area (Å²) in [6, 6.07) is 2.37. The molecule has 90 valence electrons. The maximum atomic E-state index is 5.61. The fourth-order valence-corrected chi connectivity index (χ4v) is 3.31. The van der Waals surface area contributed by atoms with Crippen LogP contribution in [-0.4, -0.2) is 12.7 Å². The van der Waals surface area contributed by atoms with Crippen LogP contribution in [0, 0.1) is 0 Å². The molecule has 2 heterocycles. The Kier molecular flexibility index (Phi) is 4.79. The van der Waals surface area contributed by atoms with Crippen molar-refractivity contribution in [3.05, 3.63) is 20.8 Å². The van der Waals surface area contributed by atoms with Gasteiger partial charge in [-0.05, 0) is 58.6 Å². The number of hydrogen-bond acceptors (Lipinski definition) is 4. The Hall–Kier alpha value is 0.0600. The van der Waals surface area contributed by atoms with Crippen molar-refractivity contribution in [3.63, 3.8) is 0 Å². The molecule has 1 aromatic heterocycles. The zero-order chi connectivity index (χ0) is 11.4. The van der Waals surface area contributed by atoms with Gasteiger partial charge in [0.15, 0.2) is 0 Å². The average Bonchev–Trinajstić information content (AvgIpc) is 2.91. The Morgan fingerprint density at radius 3 is 3.12 bits per heavy atom. The van der Waals surface area contributed by atoms with E-state index in [4.69, 9.17) is 10.6 Å². The van der Waals surface area contributed by atoms with Crippen LogP contribution in [0.4, 0.5) is 0 Å². The van der Waals surface area contributed by atoms with Crippen LogP contribution in [-0.2, 0) is 4.74 Å². The number of nitrogens with one attached hydrogen (secondary N) is 1. The van der Waals surface area contributed by atoms with Crippen LogP contribution < -0.4 is 11.3 Å². The molecule has 3 nitrogen and oxygen atoms in total. The molecule has 0 amide bonds. The number of halogens is 1. The fraction of sp³-hybridized carbons (Fsp3) is 0.636. The maximum Gasteiger partial charge on any atom is 0.0701 e. The molecule has 2 atom stereocenters. The van der Waals surface area contributed by atoms with Gasteiger partial charge in [-0.1, -0.05) is 0 Å². The molecular formula is C11H17BrN2OS. The van der Waals surface area contributed by atoms with Crippen LogP contribution in [0.25, 0.3) is 0 Å². The second kappa shape index (κ2) is 6.12. The average molecular weight is 305 g/mol. The lowest BCUT2D eigenvalue weighted by molar-refractivity contribution is 0.0996. The van der Waals surface area contributed by atoms with Gasteiger partial charge in [-0.2, -0.15) is 0 Å². The monoisotopic (exact) mass is 304 g/mol.